The number of alkyl halides is 3. The van der Waals surface area contributed by atoms with Crippen LogP contribution >= 0.6 is 0 Å². The van der Waals surface area contributed by atoms with Gasteiger partial charge in [0.15, 0.2) is 0 Å². The summed E-state index contributed by atoms with van der Waals surface area (Å²) in [5.74, 6) is 0.0285. The fraction of sp³-hybridized carbons (Fsp3) is 0.379. The quantitative estimate of drug-likeness (QED) is 0.197. The number of aliphatic hydroxyl groups excluding tert-OH is 1. The van der Waals surface area contributed by atoms with Gasteiger partial charge in [-0.15, -0.1) is 0 Å². The summed E-state index contributed by atoms with van der Waals surface area (Å²) in [4.78, 5) is 12.7. The van der Waals surface area contributed by atoms with Crippen LogP contribution in [-0.4, -0.2) is 56.0 Å². The van der Waals surface area contributed by atoms with Crippen LogP contribution in [0, 0.1) is 5.92 Å². The van der Waals surface area contributed by atoms with Crippen molar-refractivity contribution in [2.75, 3.05) is 13.2 Å². The van der Waals surface area contributed by atoms with E-state index in [1.165, 1.54) is 44.2 Å². The van der Waals surface area contributed by atoms with E-state index in [9.17, 15) is 18.3 Å². The van der Waals surface area contributed by atoms with Crippen molar-refractivity contribution in [1.29, 1.82) is 0 Å². The normalized spacial score (nSPS) is 18.7. The van der Waals surface area contributed by atoms with Crippen LogP contribution in [0.3, 0.4) is 0 Å². The number of nitrogens with zero attached hydrogens (tertiary/aromatic N) is 3. The first-order valence-corrected chi connectivity index (χ1v) is 13.7. The molecule has 0 unspecified atom stereocenters. The average Bonchev–Trinajstić information content (AvgIpc) is 3.66. The molecule has 0 spiro atoms. The Kier molecular flexibility index (Phi) is 8.97. The number of rotatable bonds is 6. The molecular formula is C29H29F3N4O7. The lowest BCUT2D eigenvalue weighted by atomic mass is 9.88. The van der Waals surface area contributed by atoms with E-state index in [1.807, 2.05) is 0 Å². The van der Waals surface area contributed by atoms with Crippen molar-refractivity contribution in [2.24, 2.45) is 5.92 Å². The maximum atomic E-state index is 14.0. The van der Waals surface area contributed by atoms with Crippen LogP contribution in [-0.2, 0) is 6.18 Å². The molecule has 0 amide bonds. The highest BCUT2D eigenvalue weighted by molar-refractivity contribution is 5.71. The summed E-state index contributed by atoms with van der Waals surface area (Å²) in [6.45, 7) is 1.13. The molecule has 4 N–H and O–H groups in total. The largest absolute Gasteiger partial charge is 0.503 e. The van der Waals surface area contributed by atoms with Gasteiger partial charge in [-0.25, -0.2) is 4.79 Å². The van der Waals surface area contributed by atoms with Crippen LogP contribution in [0.2, 0.25) is 0 Å². The first-order chi connectivity index (χ1) is 20.6. The van der Waals surface area contributed by atoms with Gasteiger partial charge in [-0.1, -0.05) is 72.0 Å². The Morgan fingerprint density at radius 1 is 0.977 bits per heavy atom. The number of hydrogen-bond donors (Lipinski definition) is 4. The Balaban J connectivity index is 0.000000868. The molecule has 0 radical (unpaired) electrons. The lowest BCUT2D eigenvalue weighted by Gasteiger charge is -2.33. The van der Waals surface area contributed by atoms with E-state index in [0.29, 0.717) is 22.8 Å². The van der Waals surface area contributed by atoms with Gasteiger partial charge in [0.05, 0.1) is 6.04 Å². The highest BCUT2D eigenvalue weighted by Gasteiger charge is 2.43. The zero-order valence-corrected chi connectivity index (χ0v) is 22.8. The molecule has 2 aliphatic rings. The van der Waals surface area contributed by atoms with Gasteiger partial charge in [0.2, 0.25) is 11.6 Å². The second-order valence-electron chi connectivity index (χ2n) is 10.3. The number of hydrogen-bond acceptors (Lipinski definition) is 9. The lowest BCUT2D eigenvalue weighted by Crippen LogP contribution is -2.44. The van der Waals surface area contributed by atoms with Gasteiger partial charge in [-0.05, 0) is 31.4 Å². The van der Waals surface area contributed by atoms with Crippen molar-refractivity contribution in [3.05, 3.63) is 59.7 Å². The second kappa shape index (κ2) is 12.8. The summed E-state index contributed by atoms with van der Waals surface area (Å²) in [7, 11) is 0. The van der Waals surface area contributed by atoms with Gasteiger partial charge in [-0.2, -0.15) is 18.2 Å². The lowest BCUT2D eigenvalue weighted by molar-refractivity contribution is -0.137. The summed E-state index contributed by atoms with van der Waals surface area (Å²) >= 11 is 0. The van der Waals surface area contributed by atoms with Gasteiger partial charge < -0.3 is 34.4 Å². The van der Waals surface area contributed by atoms with Crippen molar-refractivity contribution >= 4 is 6.16 Å². The highest BCUT2D eigenvalue weighted by Crippen LogP contribution is 2.43. The summed E-state index contributed by atoms with van der Waals surface area (Å²) in [5.41, 5.74) is -0.123. The van der Waals surface area contributed by atoms with E-state index in [-0.39, 0.29) is 29.7 Å². The molecule has 6 rings (SSSR count). The van der Waals surface area contributed by atoms with Gasteiger partial charge in [0.25, 0.3) is 5.89 Å². The Bertz CT molecular complexity index is 1530. The van der Waals surface area contributed by atoms with Crippen LogP contribution in [0.5, 0.6) is 5.75 Å². The molecule has 1 saturated carbocycles. The predicted octanol–water partition coefficient (Wildman–Crippen LogP) is 6.26. The summed E-state index contributed by atoms with van der Waals surface area (Å²) in [5, 5.41) is 35.9. The molecule has 228 valence electrons. The molecule has 14 heteroatoms. The zero-order chi connectivity index (χ0) is 30.6. The van der Waals surface area contributed by atoms with Crippen LogP contribution in [0.4, 0.5) is 18.0 Å². The van der Waals surface area contributed by atoms with Gasteiger partial charge in [-0.3, -0.25) is 0 Å². The topological polar surface area (TPSA) is 164 Å². The highest BCUT2D eigenvalue weighted by atomic mass is 19.4. The Hall–Kier alpha value is -4.43. The first-order valence-electron chi connectivity index (χ1n) is 13.7. The summed E-state index contributed by atoms with van der Waals surface area (Å²) in [6.07, 6.45) is -1.16. The molecule has 4 aromatic rings. The molecular weight excluding hydrogens is 573 g/mol. The molecule has 1 aliphatic heterocycles. The van der Waals surface area contributed by atoms with Crippen molar-refractivity contribution < 1.29 is 47.1 Å². The number of halogens is 3. The monoisotopic (exact) mass is 602 g/mol. The van der Waals surface area contributed by atoms with Crippen LogP contribution in [0.15, 0.2) is 57.6 Å². The predicted molar refractivity (Wildman–Crippen MR) is 145 cm³/mol. The van der Waals surface area contributed by atoms with E-state index < -0.39 is 35.7 Å². The number of ether oxygens (including phenoxy) is 1. The minimum atomic E-state index is -4.77. The Morgan fingerprint density at radius 3 is 2.40 bits per heavy atom. The van der Waals surface area contributed by atoms with E-state index in [4.69, 9.17) is 28.8 Å². The van der Waals surface area contributed by atoms with Crippen LogP contribution < -0.4 is 10.1 Å². The summed E-state index contributed by atoms with van der Waals surface area (Å²) in [6, 6.07) is 12.7. The van der Waals surface area contributed by atoms with Crippen molar-refractivity contribution in [3.8, 4) is 40.0 Å². The average molecular weight is 603 g/mol. The first kappa shape index (κ1) is 30.0. The van der Waals surface area contributed by atoms with Crippen LogP contribution in [0.1, 0.15) is 49.3 Å². The van der Waals surface area contributed by atoms with E-state index >= 15 is 0 Å². The molecule has 43 heavy (non-hydrogen) atoms. The third kappa shape index (κ3) is 6.97. The minimum absolute atomic E-state index is 0.0502. The third-order valence-electron chi connectivity index (χ3n) is 7.43. The number of aromatic nitrogens is 3. The SMILES string of the molecule is O=C(O)O.O[C@H]1c2ccc(-c3noc(-c4onc(-c5ccccc5)c4C(F)(F)F)n3)cc2OC[C@H]1NCC1CCCCC1. The molecule has 2 aromatic carbocycles. The van der Waals surface area contributed by atoms with Gasteiger partial charge in [0, 0.05) is 16.7 Å². The summed E-state index contributed by atoms with van der Waals surface area (Å²) < 4.78 is 58.2. The van der Waals surface area contributed by atoms with Crippen molar-refractivity contribution in [3.63, 3.8) is 0 Å². The third-order valence-corrected chi connectivity index (χ3v) is 7.43. The molecule has 3 heterocycles. The fourth-order valence-electron chi connectivity index (χ4n) is 5.34. The molecule has 0 saturated heterocycles. The molecule has 11 nitrogen and oxygen atoms in total. The van der Waals surface area contributed by atoms with Crippen LogP contribution in [0.25, 0.3) is 34.3 Å². The number of fused-ring (bicyclic) bond motifs is 1. The molecule has 1 aliphatic carbocycles. The van der Waals surface area contributed by atoms with E-state index in [2.05, 4.69) is 20.6 Å². The van der Waals surface area contributed by atoms with Gasteiger partial charge in [0.1, 0.15) is 29.7 Å². The zero-order valence-electron chi connectivity index (χ0n) is 22.8. The number of benzene rings is 2. The number of aliphatic hydroxyl groups is 1. The maximum absolute atomic E-state index is 14.0. The fourth-order valence-corrected chi connectivity index (χ4v) is 5.34. The molecule has 0 bridgehead atoms. The standard InChI is InChI=1S/C28H27F3N4O4.CH2O3/c29-28(30,31)22-23(17-9-5-2-6-10-17)34-38-25(22)27-33-26(35-39-27)18-11-12-19-21(13-18)37-15-20(24(19)36)32-14-16-7-3-1-4-8-16;2-1(3)4/h2,5-6,9-13,16,20,24,32,36H,1,3-4,7-8,14-15H2;(H2,2,3,4)/t20-,24+;/m1./s1. The van der Waals surface area contributed by atoms with E-state index in [0.717, 1.165) is 6.54 Å². The molecule has 2 aromatic heterocycles. The van der Waals surface area contributed by atoms with Crippen molar-refractivity contribution in [2.45, 2.75) is 50.4 Å². The maximum Gasteiger partial charge on any atom is 0.503 e. The Labute approximate surface area is 243 Å². The van der Waals surface area contributed by atoms with Gasteiger partial charge >= 0.3 is 12.3 Å². The smallest absolute Gasteiger partial charge is 0.491 e. The van der Waals surface area contributed by atoms with Crippen molar-refractivity contribution in [1.82, 2.24) is 20.6 Å². The minimum Gasteiger partial charge on any atom is -0.491 e. The Morgan fingerprint density at radius 2 is 1.70 bits per heavy atom. The molecule has 1 fully saturated rings. The molecule has 2 atom stereocenters. The van der Waals surface area contributed by atoms with E-state index in [1.54, 1.807) is 36.4 Å². The number of carboxylic acid groups (broad SMARTS) is 2. The number of carbonyl (C=O) groups is 1. The number of nitrogens with one attached hydrogen (secondary N) is 1. The second-order valence-corrected chi connectivity index (χ2v) is 10.3.